The Labute approximate surface area is 103 Å². The molecule has 1 nitrogen and oxygen atoms in total. The van der Waals surface area contributed by atoms with Crippen molar-refractivity contribution in [1.82, 2.24) is 0 Å². The number of benzene rings is 2. The summed E-state index contributed by atoms with van der Waals surface area (Å²) < 4.78 is 39.1. The molecule has 0 fully saturated rings. The third kappa shape index (κ3) is 2.83. The highest BCUT2D eigenvalue weighted by Gasteiger charge is 2.05. The highest BCUT2D eigenvalue weighted by molar-refractivity contribution is 5.51. The van der Waals surface area contributed by atoms with Crippen LogP contribution in [0, 0.1) is 24.4 Å². The lowest BCUT2D eigenvalue weighted by atomic mass is 10.1. The zero-order valence-electron chi connectivity index (χ0n) is 9.81. The summed E-state index contributed by atoms with van der Waals surface area (Å²) in [5.74, 6) is -1.59. The second-order valence-electron chi connectivity index (χ2n) is 4.05. The fourth-order valence-corrected chi connectivity index (χ4v) is 1.64. The molecule has 0 aliphatic rings. The Balaban J connectivity index is 2.13. The maximum absolute atomic E-state index is 13.4. The molecule has 0 saturated heterocycles. The van der Waals surface area contributed by atoms with E-state index in [-0.39, 0.29) is 12.4 Å². The summed E-state index contributed by atoms with van der Waals surface area (Å²) in [6.45, 7) is 2.00. The number of rotatable bonds is 3. The van der Waals surface area contributed by atoms with Gasteiger partial charge in [0.25, 0.3) is 0 Å². The molecule has 0 heterocycles. The lowest BCUT2D eigenvalue weighted by molar-refractivity contribution is 0.574. The van der Waals surface area contributed by atoms with Crippen LogP contribution in [-0.4, -0.2) is 0 Å². The standard InChI is InChI=1S/C14H12F3N/c1-9-2-4-12(16)7-14(9)18-8-10-3-5-11(15)6-13(10)17/h2-7,18H,8H2,1H3. The first-order chi connectivity index (χ1) is 8.56. The molecule has 0 aliphatic carbocycles. The molecule has 2 rings (SSSR count). The zero-order chi connectivity index (χ0) is 13.1. The van der Waals surface area contributed by atoms with Gasteiger partial charge in [0.1, 0.15) is 17.5 Å². The smallest absolute Gasteiger partial charge is 0.131 e. The van der Waals surface area contributed by atoms with Gasteiger partial charge in [0.05, 0.1) is 0 Å². The molecule has 1 N–H and O–H groups in total. The van der Waals surface area contributed by atoms with Crippen molar-refractivity contribution in [3.05, 3.63) is 65.0 Å². The van der Waals surface area contributed by atoms with Gasteiger partial charge in [-0.15, -0.1) is 0 Å². The quantitative estimate of drug-likeness (QED) is 0.868. The van der Waals surface area contributed by atoms with E-state index in [1.54, 1.807) is 6.07 Å². The summed E-state index contributed by atoms with van der Waals surface area (Å²) in [5.41, 5.74) is 1.79. The molecule has 18 heavy (non-hydrogen) atoms. The molecule has 0 radical (unpaired) electrons. The van der Waals surface area contributed by atoms with Crippen LogP contribution in [-0.2, 0) is 6.54 Å². The second-order valence-corrected chi connectivity index (χ2v) is 4.05. The fourth-order valence-electron chi connectivity index (χ4n) is 1.64. The summed E-state index contributed by atoms with van der Waals surface area (Å²) in [7, 11) is 0. The zero-order valence-corrected chi connectivity index (χ0v) is 9.81. The molecule has 0 atom stereocenters. The Bertz CT molecular complexity index is 567. The number of anilines is 1. The van der Waals surface area contributed by atoms with Crippen LogP contribution < -0.4 is 5.32 Å². The molecular formula is C14H12F3N. The average molecular weight is 251 g/mol. The number of halogens is 3. The number of hydrogen-bond acceptors (Lipinski definition) is 1. The first-order valence-electron chi connectivity index (χ1n) is 5.50. The monoisotopic (exact) mass is 251 g/mol. The molecule has 0 aromatic heterocycles. The van der Waals surface area contributed by atoms with Gasteiger partial charge in [0.15, 0.2) is 0 Å². The Morgan fingerprint density at radius 2 is 1.61 bits per heavy atom. The predicted molar refractivity (Wildman–Crippen MR) is 64.8 cm³/mol. The summed E-state index contributed by atoms with van der Waals surface area (Å²) in [5, 5.41) is 2.93. The van der Waals surface area contributed by atoms with E-state index in [0.717, 1.165) is 11.6 Å². The van der Waals surface area contributed by atoms with Gasteiger partial charge in [-0.2, -0.15) is 0 Å². The highest BCUT2D eigenvalue weighted by Crippen LogP contribution is 2.18. The molecule has 4 heteroatoms. The van der Waals surface area contributed by atoms with Crippen LogP contribution in [0.4, 0.5) is 18.9 Å². The Morgan fingerprint density at radius 3 is 2.33 bits per heavy atom. The van der Waals surface area contributed by atoms with Crippen LogP contribution in [0.1, 0.15) is 11.1 Å². The summed E-state index contributed by atoms with van der Waals surface area (Å²) in [6.07, 6.45) is 0. The lowest BCUT2D eigenvalue weighted by Crippen LogP contribution is -2.03. The third-order valence-electron chi connectivity index (χ3n) is 2.68. The Hall–Kier alpha value is -1.97. The van der Waals surface area contributed by atoms with Gasteiger partial charge in [0, 0.05) is 23.9 Å². The average Bonchev–Trinajstić information content (AvgIpc) is 2.32. The van der Waals surface area contributed by atoms with E-state index in [4.69, 9.17) is 0 Å². The van der Waals surface area contributed by atoms with Crippen LogP contribution in [0.15, 0.2) is 36.4 Å². The molecule has 0 aliphatic heterocycles. The van der Waals surface area contributed by atoms with Gasteiger partial charge in [-0.25, -0.2) is 13.2 Å². The SMILES string of the molecule is Cc1ccc(F)cc1NCc1ccc(F)cc1F. The number of aryl methyl sites for hydroxylation is 1. The summed E-state index contributed by atoms with van der Waals surface area (Å²) in [6, 6.07) is 7.73. The van der Waals surface area contributed by atoms with E-state index in [1.807, 2.05) is 6.92 Å². The molecule has 2 aromatic carbocycles. The van der Waals surface area contributed by atoms with Crippen molar-refractivity contribution < 1.29 is 13.2 Å². The van der Waals surface area contributed by atoms with E-state index in [1.165, 1.54) is 24.3 Å². The number of hydrogen-bond donors (Lipinski definition) is 1. The number of nitrogens with one attached hydrogen (secondary N) is 1. The maximum Gasteiger partial charge on any atom is 0.131 e. The lowest BCUT2D eigenvalue weighted by Gasteiger charge is -2.10. The van der Waals surface area contributed by atoms with Crippen molar-refractivity contribution in [2.24, 2.45) is 0 Å². The third-order valence-corrected chi connectivity index (χ3v) is 2.68. The van der Waals surface area contributed by atoms with Gasteiger partial charge < -0.3 is 5.32 Å². The van der Waals surface area contributed by atoms with Crippen molar-refractivity contribution >= 4 is 5.69 Å². The van der Waals surface area contributed by atoms with Crippen molar-refractivity contribution in [3.8, 4) is 0 Å². The van der Waals surface area contributed by atoms with Crippen molar-refractivity contribution in [3.63, 3.8) is 0 Å². The Kier molecular flexibility index (Phi) is 3.55. The van der Waals surface area contributed by atoms with Crippen molar-refractivity contribution in [2.75, 3.05) is 5.32 Å². The van der Waals surface area contributed by atoms with Gasteiger partial charge in [-0.05, 0) is 30.7 Å². The first-order valence-corrected chi connectivity index (χ1v) is 5.50. The van der Waals surface area contributed by atoms with Gasteiger partial charge in [0.2, 0.25) is 0 Å². The normalized spacial score (nSPS) is 10.4. The van der Waals surface area contributed by atoms with Gasteiger partial charge >= 0.3 is 0 Å². The van der Waals surface area contributed by atoms with Crippen LogP contribution >= 0.6 is 0 Å². The molecule has 2 aromatic rings. The highest BCUT2D eigenvalue weighted by atomic mass is 19.1. The van der Waals surface area contributed by atoms with E-state index in [2.05, 4.69) is 5.32 Å². The molecule has 0 bridgehead atoms. The molecule has 0 saturated carbocycles. The molecule has 0 spiro atoms. The Morgan fingerprint density at radius 1 is 0.944 bits per heavy atom. The van der Waals surface area contributed by atoms with E-state index >= 15 is 0 Å². The molecular weight excluding hydrogens is 239 g/mol. The van der Waals surface area contributed by atoms with Gasteiger partial charge in [-0.1, -0.05) is 12.1 Å². The minimum atomic E-state index is -0.614. The second kappa shape index (κ2) is 5.12. The maximum atomic E-state index is 13.4. The first kappa shape index (κ1) is 12.5. The van der Waals surface area contributed by atoms with Crippen LogP contribution in [0.25, 0.3) is 0 Å². The van der Waals surface area contributed by atoms with Crippen LogP contribution in [0.3, 0.4) is 0 Å². The minimum absolute atomic E-state index is 0.177. The van der Waals surface area contributed by atoms with Crippen molar-refractivity contribution in [2.45, 2.75) is 13.5 Å². The summed E-state index contributed by atoms with van der Waals surface area (Å²) in [4.78, 5) is 0. The van der Waals surface area contributed by atoms with Crippen LogP contribution in [0.2, 0.25) is 0 Å². The fraction of sp³-hybridized carbons (Fsp3) is 0.143. The largest absolute Gasteiger partial charge is 0.381 e. The van der Waals surface area contributed by atoms with Crippen molar-refractivity contribution in [1.29, 1.82) is 0 Å². The van der Waals surface area contributed by atoms with E-state index < -0.39 is 11.6 Å². The topological polar surface area (TPSA) is 12.0 Å². The van der Waals surface area contributed by atoms with E-state index in [0.29, 0.717) is 11.3 Å². The molecule has 0 unspecified atom stereocenters. The van der Waals surface area contributed by atoms with Crippen LogP contribution in [0.5, 0.6) is 0 Å². The van der Waals surface area contributed by atoms with E-state index in [9.17, 15) is 13.2 Å². The molecule has 0 amide bonds. The molecule has 94 valence electrons. The van der Waals surface area contributed by atoms with Gasteiger partial charge in [-0.3, -0.25) is 0 Å². The minimum Gasteiger partial charge on any atom is -0.381 e. The summed E-state index contributed by atoms with van der Waals surface area (Å²) >= 11 is 0. The predicted octanol–water partition coefficient (Wildman–Crippen LogP) is 4.02.